The number of carbonyl (C=O) groups is 6. The molecule has 3 fully saturated rings. The molecule has 8 atom stereocenters. The fourth-order valence-corrected chi connectivity index (χ4v) is 9.42. The molecule has 48 heavy (non-hydrogen) atoms. The van der Waals surface area contributed by atoms with Crippen molar-refractivity contribution in [1.29, 1.82) is 0 Å². The van der Waals surface area contributed by atoms with E-state index in [1.807, 2.05) is 19.9 Å². The quantitative estimate of drug-likeness (QED) is 0.136. The fraction of sp³-hybridized carbons (Fsp3) is 0.784. The molecule has 0 radical (unpaired) electrons. The maximum atomic E-state index is 13.4. The highest BCUT2D eigenvalue weighted by molar-refractivity contribution is 5.92. The highest BCUT2D eigenvalue weighted by atomic mass is 16.5. The molecule has 4 rings (SSSR count). The van der Waals surface area contributed by atoms with Crippen molar-refractivity contribution >= 4 is 35.3 Å². The standard InChI is InChI=1S/C37H56N2O9/c1-5-23(2)33(34(45)46)39-31(43)9-7-6-8-20-38-30(42)12-13-32(44)48-22-29(41)37(47)19-16-28-26-11-10-24-21-25(40)14-17-35(24,3)27(26)15-18-36(28,37)4/h21,23,26-28,33,47H,5-20,22H2,1-4H3,(H,38,42)(H,39,43)(H,45,46)/t23-,26+,27-,28-,33+,35-,36-,37-/m0/s1. The van der Waals surface area contributed by atoms with Crippen molar-refractivity contribution in [1.82, 2.24) is 10.6 Å². The lowest BCUT2D eigenvalue weighted by Crippen LogP contribution is -2.58. The second-order valence-corrected chi connectivity index (χ2v) is 15.3. The molecule has 11 nitrogen and oxygen atoms in total. The number of hydrogen-bond acceptors (Lipinski definition) is 8. The first-order valence-electron chi connectivity index (χ1n) is 18.1. The normalized spacial score (nSPS) is 32.1. The molecule has 0 saturated heterocycles. The predicted octanol–water partition coefficient (Wildman–Crippen LogP) is 4.43. The molecule has 3 saturated carbocycles. The van der Waals surface area contributed by atoms with Crippen molar-refractivity contribution in [3.05, 3.63) is 11.6 Å². The molecule has 0 aromatic heterocycles. The van der Waals surface area contributed by atoms with Crippen molar-refractivity contribution in [2.45, 2.75) is 136 Å². The van der Waals surface area contributed by atoms with Gasteiger partial charge in [0, 0.05) is 31.2 Å². The summed E-state index contributed by atoms with van der Waals surface area (Å²) < 4.78 is 5.26. The number of Topliss-reactive ketones (excluding diaryl/α,β-unsaturated/α-hetero) is 1. The van der Waals surface area contributed by atoms with Crippen molar-refractivity contribution in [2.75, 3.05) is 13.2 Å². The number of carbonyl (C=O) groups excluding carboxylic acids is 5. The third kappa shape index (κ3) is 7.87. The number of ether oxygens (including phenoxy) is 1. The summed E-state index contributed by atoms with van der Waals surface area (Å²) in [6.07, 6.45) is 10.3. The maximum absolute atomic E-state index is 13.4. The first-order chi connectivity index (χ1) is 22.7. The number of hydrogen-bond donors (Lipinski definition) is 4. The lowest BCUT2D eigenvalue weighted by atomic mass is 9.46. The summed E-state index contributed by atoms with van der Waals surface area (Å²) in [6, 6.07) is -0.904. The molecular formula is C37H56N2O9. The van der Waals surface area contributed by atoms with Gasteiger partial charge in [-0.15, -0.1) is 0 Å². The van der Waals surface area contributed by atoms with E-state index in [0.717, 1.165) is 32.1 Å². The summed E-state index contributed by atoms with van der Waals surface area (Å²) in [7, 11) is 0. The van der Waals surface area contributed by atoms with Crippen LogP contribution in [0.5, 0.6) is 0 Å². The van der Waals surface area contributed by atoms with E-state index in [2.05, 4.69) is 17.6 Å². The number of carboxylic acid groups (broad SMARTS) is 1. The molecule has 0 aromatic rings. The van der Waals surface area contributed by atoms with Gasteiger partial charge >= 0.3 is 11.9 Å². The van der Waals surface area contributed by atoms with E-state index in [0.29, 0.717) is 63.3 Å². The zero-order valence-corrected chi connectivity index (χ0v) is 29.2. The van der Waals surface area contributed by atoms with Gasteiger partial charge in [0.15, 0.2) is 12.4 Å². The summed E-state index contributed by atoms with van der Waals surface area (Å²) >= 11 is 0. The Morgan fingerprint density at radius 1 is 0.938 bits per heavy atom. The molecule has 11 heteroatoms. The first kappa shape index (κ1) is 37.7. The summed E-state index contributed by atoms with van der Waals surface area (Å²) in [6.45, 7) is 7.85. The number of ketones is 2. The summed E-state index contributed by atoms with van der Waals surface area (Å²) in [5.41, 5.74) is -0.879. The van der Waals surface area contributed by atoms with Crippen molar-refractivity contribution in [2.24, 2.45) is 34.5 Å². The monoisotopic (exact) mass is 672 g/mol. The Hall–Kier alpha value is -3.08. The molecule has 2 amide bonds. The van der Waals surface area contributed by atoms with Crippen LogP contribution in [0.3, 0.4) is 0 Å². The van der Waals surface area contributed by atoms with Crippen LogP contribution < -0.4 is 10.6 Å². The third-order valence-corrected chi connectivity index (χ3v) is 12.7. The van der Waals surface area contributed by atoms with Crippen LogP contribution in [0.1, 0.15) is 124 Å². The molecule has 0 spiro atoms. The molecule has 268 valence electrons. The molecule has 0 bridgehead atoms. The fourth-order valence-electron chi connectivity index (χ4n) is 9.42. The Bertz CT molecular complexity index is 1300. The number of nitrogens with one attached hydrogen (secondary N) is 2. The first-order valence-corrected chi connectivity index (χ1v) is 18.1. The molecule has 4 aliphatic carbocycles. The lowest BCUT2D eigenvalue weighted by molar-refractivity contribution is -0.170. The second-order valence-electron chi connectivity index (χ2n) is 15.3. The van der Waals surface area contributed by atoms with Gasteiger partial charge in [0.1, 0.15) is 11.6 Å². The Morgan fingerprint density at radius 2 is 1.67 bits per heavy atom. The van der Waals surface area contributed by atoms with E-state index in [1.165, 1.54) is 5.57 Å². The number of carboxylic acids is 1. The minimum absolute atomic E-state index is 0.00454. The van der Waals surface area contributed by atoms with Gasteiger partial charge in [0.25, 0.3) is 0 Å². The number of rotatable bonds is 16. The molecule has 0 aliphatic heterocycles. The highest BCUT2D eigenvalue weighted by Crippen LogP contribution is 2.67. The maximum Gasteiger partial charge on any atom is 0.326 e. The van der Waals surface area contributed by atoms with E-state index >= 15 is 0 Å². The lowest BCUT2D eigenvalue weighted by Gasteiger charge is -2.58. The number of amides is 2. The van der Waals surface area contributed by atoms with E-state index in [1.54, 1.807) is 6.92 Å². The van der Waals surface area contributed by atoms with Gasteiger partial charge in [-0.25, -0.2) is 4.79 Å². The smallest absolute Gasteiger partial charge is 0.326 e. The van der Waals surface area contributed by atoms with Gasteiger partial charge in [0.05, 0.1) is 6.42 Å². The average Bonchev–Trinajstić information content (AvgIpc) is 3.33. The summed E-state index contributed by atoms with van der Waals surface area (Å²) in [5.74, 6) is -1.75. The van der Waals surface area contributed by atoms with Crippen LogP contribution in [0.15, 0.2) is 11.6 Å². The van der Waals surface area contributed by atoms with Crippen LogP contribution >= 0.6 is 0 Å². The van der Waals surface area contributed by atoms with Crippen molar-refractivity contribution in [3.8, 4) is 0 Å². The van der Waals surface area contributed by atoms with Gasteiger partial charge in [-0.05, 0) is 93.0 Å². The van der Waals surface area contributed by atoms with E-state index in [-0.39, 0.29) is 54.1 Å². The molecule has 0 heterocycles. The molecule has 0 unspecified atom stereocenters. The highest BCUT2D eigenvalue weighted by Gasteiger charge is 2.66. The zero-order chi connectivity index (χ0) is 35.3. The van der Waals surface area contributed by atoms with Crippen LogP contribution in [-0.2, 0) is 33.5 Å². The van der Waals surface area contributed by atoms with Crippen LogP contribution in [-0.4, -0.2) is 70.3 Å². The SMILES string of the molecule is CC[C@H](C)[C@@H](NC(=O)CCCCCNC(=O)CCC(=O)OCC(=O)[C@@]1(O)CC[C@H]2[C@@H]3CCC4=CC(=O)CC[C@]4(C)[C@H]3CC[C@@]21C)C(=O)O. The van der Waals surface area contributed by atoms with Crippen LogP contribution in [0.25, 0.3) is 0 Å². The number of allylic oxidation sites excluding steroid dienone is 1. The Balaban J connectivity index is 1.14. The van der Waals surface area contributed by atoms with Gasteiger partial charge in [0.2, 0.25) is 17.6 Å². The molecule has 0 aromatic carbocycles. The number of unbranched alkanes of at least 4 members (excludes halogenated alkanes) is 2. The summed E-state index contributed by atoms with van der Waals surface area (Å²) in [4.78, 5) is 73.7. The average molecular weight is 673 g/mol. The Morgan fingerprint density at radius 3 is 2.38 bits per heavy atom. The van der Waals surface area contributed by atoms with Crippen molar-refractivity contribution in [3.63, 3.8) is 0 Å². The molecule has 4 aliphatic rings. The Kier molecular flexibility index (Phi) is 12.3. The minimum Gasteiger partial charge on any atom is -0.480 e. The molecule has 4 N–H and O–H groups in total. The second kappa shape index (κ2) is 15.6. The van der Waals surface area contributed by atoms with Gasteiger partial charge in [-0.1, -0.05) is 46.1 Å². The number of aliphatic hydroxyl groups is 1. The van der Waals surface area contributed by atoms with E-state index < -0.39 is 41.4 Å². The van der Waals surface area contributed by atoms with Crippen LogP contribution in [0.2, 0.25) is 0 Å². The third-order valence-electron chi connectivity index (χ3n) is 12.7. The van der Waals surface area contributed by atoms with E-state index in [9.17, 15) is 39.0 Å². The largest absolute Gasteiger partial charge is 0.480 e. The molecular weight excluding hydrogens is 616 g/mol. The van der Waals surface area contributed by atoms with Crippen molar-refractivity contribution < 1.29 is 43.7 Å². The minimum atomic E-state index is -1.56. The van der Waals surface area contributed by atoms with Gasteiger partial charge in [-0.3, -0.25) is 24.0 Å². The van der Waals surface area contributed by atoms with Crippen LogP contribution in [0, 0.1) is 34.5 Å². The zero-order valence-electron chi connectivity index (χ0n) is 29.2. The van der Waals surface area contributed by atoms with Gasteiger partial charge < -0.3 is 25.6 Å². The topological polar surface area (TPSA) is 176 Å². The number of esters is 1. The van der Waals surface area contributed by atoms with Crippen LogP contribution in [0.4, 0.5) is 0 Å². The van der Waals surface area contributed by atoms with Gasteiger partial charge in [-0.2, -0.15) is 0 Å². The number of fused-ring (bicyclic) bond motifs is 5. The predicted molar refractivity (Wildman–Crippen MR) is 177 cm³/mol. The van der Waals surface area contributed by atoms with E-state index in [4.69, 9.17) is 4.74 Å². The Labute approximate surface area is 284 Å². The summed E-state index contributed by atoms with van der Waals surface area (Å²) in [5, 5.41) is 26.5. The number of aliphatic carboxylic acids is 1.